The van der Waals surface area contributed by atoms with Gasteiger partial charge in [-0.15, -0.1) is 0 Å². The molecule has 2 saturated carbocycles. The van der Waals surface area contributed by atoms with Crippen LogP contribution in [0.15, 0.2) is 16.8 Å². The summed E-state index contributed by atoms with van der Waals surface area (Å²) in [6, 6.07) is -0.676. The number of nitrogens with one attached hydrogen (secondary N) is 2. The molecule has 34 heavy (non-hydrogen) atoms. The number of rotatable bonds is 6. The summed E-state index contributed by atoms with van der Waals surface area (Å²) < 4.78 is 0. The van der Waals surface area contributed by atoms with E-state index in [1.807, 2.05) is 6.08 Å². The van der Waals surface area contributed by atoms with Crippen molar-refractivity contribution in [2.24, 2.45) is 57.2 Å². The third-order valence-electron chi connectivity index (χ3n) is 10.3. The molecule has 1 saturated heterocycles. The highest BCUT2D eigenvalue weighted by Gasteiger charge is 2.59. The van der Waals surface area contributed by atoms with Crippen LogP contribution < -0.4 is 16.5 Å². The van der Waals surface area contributed by atoms with Gasteiger partial charge < -0.3 is 11.1 Å². The van der Waals surface area contributed by atoms with Crippen LogP contribution in [0.25, 0.3) is 0 Å². The fourth-order valence-corrected chi connectivity index (χ4v) is 8.54. The van der Waals surface area contributed by atoms with Crippen molar-refractivity contribution in [1.29, 1.82) is 0 Å². The van der Waals surface area contributed by atoms with Gasteiger partial charge in [0.15, 0.2) is 0 Å². The molecule has 0 bridgehead atoms. The zero-order valence-corrected chi connectivity index (χ0v) is 22.0. The Morgan fingerprint density at radius 3 is 2.65 bits per heavy atom. The lowest BCUT2D eigenvalue weighted by Gasteiger charge is -2.54. The van der Waals surface area contributed by atoms with Crippen molar-refractivity contribution in [2.45, 2.75) is 92.4 Å². The minimum Gasteiger partial charge on any atom is -0.352 e. The van der Waals surface area contributed by atoms with Crippen molar-refractivity contribution >= 4 is 17.6 Å². The highest BCUT2D eigenvalue weighted by Crippen LogP contribution is 2.65. The van der Waals surface area contributed by atoms with Crippen molar-refractivity contribution in [3.8, 4) is 0 Å². The van der Waals surface area contributed by atoms with Crippen LogP contribution in [0.3, 0.4) is 0 Å². The number of hydrazone groups is 1. The van der Waals surface area contributed by atoms with Gasteiger partial charge in [-0.05, 0) is 85.5 Å². The lowest BCUT2D eigenvalue weighted by Crippen LogP contribution is -2.49. The van der Waals surface area contributed by atoms with Crippen LogP contribution >= 0.6 is 0 Å². The van der Waals surface area contributed by atoms with E-state index in [1.54, 1.807) is 0 Å². The summed E-state index contributed by atoms with van der Waals surface area (Å²) in [5.41, 5.74) is 9.34. The maximum Gasteiger partial charge on any atom is 0.332 e. The van der Waals surface area contributed by atoms with Crippen molar-refractivity contribution in [3.63, 3.8) is 0 Å². The van der Waals surface area contributed by atoms with Crippen molar-refractivity contribution < 1.29 is 9.59 Å². The summed E-state index contributed by atoms with van der Waals surface area (Å²) >= 11 is 0. The molecule has 0 aromatic heterocycles. The van der Waals surface area contributed by atoms with E-state index < -0.39 is 6.03 Å². The largest absolute Gasteiger partial charge is 0.352 e. The molecule has 6 nitrogen and oxygen atoms in total. The van der Waals surface area contributed by atoms with Gasteiger partial charge in [0.2, 0.25) is 5.91 Å². The topological polar surface area (TPSA) is 96.6 Å². The van der Waals surface area contributed by atoms with Crippen LogP contribution in [-0.4, -0.2) is 24.2 Å². The number of nitrogens with two attached hydrogens (primary N) is 1. The number of fused-ring (bicyclic) bond motifs is 5. The van der Waals surface area contributed by atoms with Crippen LogP contribution in [0, 0.1) is 46.3 Å². The van der Waals surface area contributed by atoms with E-state index in [-0.39, 0.29) is 11.3 Å². The predicted octanol–water partition coefficient (Wildman–Crippen LogP) is 5.39. The van der Waals surface area contributed by atoms with Gasteiger partial charge in [0.25, 0.3) is 0 Å². The number of hydrogen-bond donors (Lipinski definition) is 3. The normalized spacial score (nSPS) is 39.4. The van der Waals surface area contributed by atoms with Crippen molar-refractivity contribution in [2.75, 3.05) is 6.54 Å². The third-order valence-corrected chi connectivity index (χ3v) is 10.3. The number of amides is 3. The van der Waals surface area contributed by atoms with Gasteiger partial charge in [-0.1, -0.05) is 53.9 Å². The molecule has 0 aromatic carbocycles. The summed E-state index contributed by atoms with van der Waals surface area (Å²) in [7, 11) is 0. The van der Waals surface area contributed by atoms with Gasteiger partial charge >= 0.3 is 6.03 Å². The Morgan fingerprint density at radius 2 is 1.94 bits per heavy atom. The molecule has 1 aliphatic heterocycles. The maximum absolute atomic E-state index is 13.3. The highest BCUT2D eigenvalue weighted by molar-refractivity contribution is 6.06. The van der Waals surface area contributed by atoms with Gasteiger partial charge in [-0.3, -0.25) is 4.79 Å². The first-order valence-corrected chi connectivity index (χ1v) is 13.7. The summed E-state index contributed by atoms with van der Waals surface area (Å²) in [5, 5.41) is 7.44. The molecule has 3 fully saturated rings. The number of urea groups is 1. The Balaban J connectivity index is 1.55. The van der Waals surface area contributed by atoms with E-state index in [1.165, 1.54) is 44.9 Å². The number of carbonyl (C=O) groups is 2. The average molecular weight is 471 g/mol. The Kier molecular flexibility index (Phi) is 7.17. The maximum atomic E-state index is 13.3. The summed E-state index contributed by atoms with van der Waals surface area (Å²) in [4.78, 5) is 24.3. The lowest BCUT2D eigenvalue weighted by atomic mass is 9.50. The van der Waals surface area contributed by atoms with Gasteiger partial charge in [0.05, 0.1) is 5.71 Å². The van der Waals surface area contributed by atoms with E-state index in [0.29, 0.717) is 23.2 Å². The lowest BCUT2D eigenvalue weighted by molar-refractivity contribution is -0.118. The van der Waals surface area contributed by atoms with Crippen molar-refractivity contribution in [1.82, 2.24) is 10.7 Å². The van der Waals surface area contributed by atoms with E-state index in [2.05, 4.69) is 50.5 Å². The average Bonchev–Trinajstić information content (AvgIpc) is 3.08. The number of nitrogens with zero attached hydrogens (tertiary/aromatic N) is 1. The predicted molar refractivity (Wildman–Crippen MR) is 137 cm³/mol. The molecular weight excluding hydrogens is 424 g/mol. The fourth-order valence-electron chi connectivity index (χ4n) is 8.54. The molecule has 0 radical (unpaired) electrons. The second kappa shape index (κ2) is 9.66. The summed E-state index contributed by atoms with van der Waals surface area (Å²) in [5.74, 6) is 4.15. The molecule has 6 heteroatoms. The first-order valence-electron chi connectivity index (χ1n) is 13.7. The number of carbonyl (C=O) groups excluding carboxylic acids is 2. The van der Waals surface area contributed by atoms with Crippen molar-refractivity contribution in [3.05, 3.63) is 11.6 Å². The van der Waals surface area contributed by atoms with E-state index in [9.17, 15) is 9.59 Å². The molecule has 0 aromatic rings. The minimum absolute atomic E-state index is 0.0432. The van der Waals surface area contributed by atoms with Crippen LogP contribution in [0.4, 0.5) is 4.79 Å². The number of primary amides is 1. The van der Waals surface area contributed by atoms with E-state index >= 15 is 0 Å². The van der Waals surface area contributed by atoms with Gasteiger partial charge in [-0.25, -0.2) is 10.2 Å². The number of allylic oxidation sites excluding steroid dienone is 1. The third kappa shape index (κ3) is 4.54. The monoisotopic (exact) mass is 470 g/mol. The molecule has 7 atom stereocenters. The van der Waals surface area contributed by atoms with Gasteiger partial charge in [0, 0.05) is 17.5 Å². The fraction of sp³-hybridized carbons (Fsp3) is 0.821. The molecular formula is C28H46N4O2. The Morgan fingerprint density at radius 1 is 1.18 bits per heavy atom. The van der Waals surface area contributed by atoms with Crippen LogP contribution in [0.1, 0.15) is 92.4 Å². The minimum atomic E-state index is -0.676. The molecule has 4 rings (SSSR count). The summed E-state index contributed by atoms with van der Waals surface area (Å²) in [6.45, 7) is 12.8. The molecule has 1 heterocycles. The second-order valence-corrected chi connectivity index (χ2v) is 12.7. The quantitative estimate of drug-likeness (QED) is 0.454. The molecule has 4 aliphatic rings. The Labute approximate surface area is 206 Å². The zero-order chi connectivity index (χ0) is 24.7. The number of hydrogen-bond acceptors (Lipinski definition) is 3. The Hall–Kier alpha value is -1.85. The molecule has 3 amide bonds. The van der Waals surface area contributed by atoms with E-state index in [4.69, 9.17) is 5.73 Å². The first-order chi connectivity index (χ1) is 16.1. The van der Waals surface area contributed by atoms with E-state index in [0.717, 1.165) is 48.4 Å². The highest BCUT2D eigenvalue weighted by atomic mass is 16.2. The van der Waals surface area contributed by atoms with Gasteiger partial charge in [0.1, 0.15) is 0 Å². The molecule has 190 valence electrons. The van der Waals surface area contributed by atoms with Crippen LogP contribution in [0.5, 0.6) is 0 Å². The standard InChI is InChI=1S/C28H46N4O2/c1-17(2)7-6-8-18(3)21-9-10-22-20-16-30-25(33)24-15-19(31-32-26(29)34)11-13-28(24,5)23(20)12-14-27(21,22)4/h15,17-18,20-23H,6-14,16H2,1-5H3,(H,30,33)(H3,29,32,34)/b31-19+/t18?,20?,21?,22?,23?,27-,28-/m1/s1. The second-order valence-electron chi connectivity index (χ2n) is 12.7. The smallest absolute Gasteiger partial charge is 0.332 e. The molecule has 0 spiro atoms. The van der Waals surface area contributed by atoms with Crippen LogP contribution in [0.2, 0.25) is 0 Å². The Bertz CT molecular complexity index is 864. The molecule has 3 aliphatic carbocycles. The van der Waals surface area contributed by atoms with Crippen LogP contribution in [-0.2, 0) is 4.79 Å². The molecule has 4 N–H and O–H groups in total. The zero-order valence-electron chi connectivity index (χ0n) is 22.0. The van der Waals surface area contributed by atoms with Gasteiger partial charge in [-0.2, -0.15) is 5.10 Å². The SMILES string of the molecule is CC(C)CCCC(C)C1CCC2C3CNC(=O)C4=C/C(=N/NC(N)=O)CC[C@]4(C)C3CC[C@]12C. The summed E-state index contributed by atoms with van der Waals surface area (Å²) in [6.07, 6.45) is 12.7. The first kappa shape index (κ1) is 25.2. The molecule has 5 unspecified atom stereocenters.